The summed E-state index contributed by atoms with van der Waals surface area (Å²) in [5.41, 5.74) is 0.608. The summed E-state index contributed by atoms with van der Waals surface area (Å²) >= 11 is 0. The summed E-state index contributed by atoms with van der Waals surface area (Å²) in [5.74, 6) is 0.555. The molecular formula is C21H24FN3O5S. The molecule has 0 bridgehead atoms. The summed E-state index contributed by atoms with van der Waals surface area (Å²) in [7, 11) is -3.71. The molecule has 2 aromatic carbocycles. The van der Waals surface area contributed by atoms with Gasteiger partial charge in [-0.1, -0.05) is 0 Å². The van der Waals surface area contributed by atoms with Crippen molar-refractivity contribution in [2.75, 3.05) is 38.3 Å². The molecule has 2 aromatic rings. The highest BCUT2D eigenvalue weighted by molar-refractivity contribution is 7.89. The molecule has 166 valence electrons. The van der Waals surface area contributed by atoms with Gasteiger partial charge >= 0.3 is 0 Å². The molecule has 1 fully saturated rings. The Bertz CT molecular complexity index is 1060. The lowest BCUT2D eigenvalue weighted by molar-refractivity contribution is -0.120. The Balaban J connectivity index is 1.38. The van der Waals surface area contributed by atoms with Gasteiger partial charge in [0.2, 0.25) is 22.7 Å². The Morgan fingerprint density at radius 1 is 1.03 bits per heavy atom. The number of hydrogen-bond donors (Lipinski definition) is 1. The second-order valence-electron chi connectivity index (χ2n) is 7.48. The number of ether oxygens (including phenoxy) is 2. The summed E-state index contributed by atoms with van der Waals surface area (Å²) in [6.45, 7) is 3.55. The molecule has 1 N–H and O–H groups in total. The first kappa shape index (κ1) is 21.5. The van der Waals surface area contributed by atoms with Crippen LogP contribution in [-0.4, -0.2) is 62.5 Å². The SMILES string of the molecule is CC(C(=O)Nc1ccc2c(c1)OCO2)N1CCCN(S(=O)(=O)c2ccc(F)cc2)CC1. The van der Waals surface area contributed by atoms with E-state index in [-0.39, 0.29) is 24.1 Å². The van der Waals surface area contributed by atoms with Crippen LogP contribution in [0.1, 0.15) is 13.3 Å². The van der Waals surface area contributed by atoms with Crippen LogP contribution >= 0.6 is 0 Å². The minimum atomic E-state index is -3.71. The van der Waals surface area contributed by atoms with Crippen LogP contribution in [0.3, 0.4) is 0 Å². The van der Waals surface area contributed by atoms with Crippen LogP contribution in [0.4, 0.5) is 10.1 Å². The fourth-order valence-electron chi connectivity index (χ4n) is 3.68. The van der Waals surface area contributed by atoms with Gasteiger partial charge in [-0.3, -0.25) is 9.69 Å². The highest BCUT2D eigenvalue weighted by Gasteiger charge is 2.30. The van der Waals surface area contributed by atoms with E-state index in [9.17, 15) is 17.6 Å². The van der Waals surface area contributed by atoms with Crippen LogP contribution < -0.4 is 14.8 Å². The maximum atomic E-state index is 13.2. The lowest BCUT2D eigenvalue weighted by atomic mass is 10.2. The molecule has 0 radical (unpaired) electrons. The summed E-state index contributed by atoms with van der Waals surface area (Å²) in [6, 6.07) is 9.58. The zero-order valence-corrected chi connectivity index (χ0v) is 17.9. The van der Waals surface area contributed by atoms with E-state index in [1.807, 2.05) is 4.90 Å². The van der Waals surface area contributed by atoms with Gasteiger partial charge in [0.15, 0.2) is 11.5 Å². The number of carbonyl (C=O) groups excluding carboxylic acids is 1. The number of amides is 1. The van der Waals surface area contributed by atoms with Crippen LogP contribution in [0.25, 0.3) is 0 Å². The number of benzene rings is 2. The lowest BCUT2D eigenvalue weighted by Crippen LogP contribution is -2.44. The molecule has 1 atom stereocenters. The molecule has 0 spiro atoms. The van der Waals surface area contributed by atoms with Gasteiger partial charge in [0.1, 0.15) is 5.82 Å². The van der Waals surface area contributed by atoms with Gasteiger partial charge in [-0.15, -0.1) is 0 Å². The topological polar surface area (TPSA) is 88.2 Å². The van der Waals surface area contributed by atoms with Crippen LogP contribution in [0.2, 0.25) is 0 Å². The number of fused-ring (bicyclic) bond motifs is 1. The predicted molar refractivity (Wildman–Crippen MR) is 112 cm³/mol. The molecule has 31 heavy (non-hydrogen) atoms. The van der Waals surface area contributed by atoms with Crippen molar-refractivity contribution in [1.29, 1.82) is 0 Å². The van der Waals surface area contributed by atoms with Gasteiger partial charge in [0.25, 0.3) is 0 Å². The predicted octanol–water partition coefficient (Wildman–Crippen LogP) is 2.28. The fourth-order valence-corrected chi connectivity index (χ4v) is 5.15. The Morgan fingerprint density at radius 2 is 1.77 bits per heavy atom. The van der Waals surface area contributed by atoms with Crippen molar-refractivity contribution in [3.63, 3.8) is 0 Å². The van der Waals surface area contributed by atoms with Crippen LogP contribution in [0, 0.1) is 5.82 Å². The van der Waals surface area contributed by atoms with E-state index in [2.05, 4.69) is 5.32 Å². The largest absolute Gasteiger partial charge is 0.454 e. The quantitative estimate of drug-likeness (QED) is 0.754. The normalized spacial score (nSPS) is 18.4. The van der Waals surface area contributed by atoms with Gasteiger partial charge in [0, 0.05) is 37.9 Å². The van der Waals surface area contributed by atoms with E-state index in [0.29, 0.717) is 43.2 Å². The van der Waals surface area contributed by atoms with Crippen molar-refractivity contribution in [2.24, 2.45) is 0 Å². The molecule has 0 saturated carbocycles. The van der Waals surface area contributed by atoms with Gasteiger partial charge < -0.3 is 14.8 Å². The van der Waals surface area contributed by atoms with Crippen molar-refractivity contribution in [2.45, 2.75) is 24.3 Å². The number of carbonyl (C=O) groups is 1. The number of anilines is 1. The Labute approximate surface area is 180 Å². The third kappa shape index (κ3) is 4.65. The third-order valence-electron chi connectivity index (χ3n) is 5.51. The van der Waals surface area contributed by atoms with Crippen molar-refractivity contribution in [1.82, 2.24) is 9.21 Å². The summed E-state index contributed by atoms with van der Waals surface area (Å²) < 4.78 is 50.9. The van der Waals surface area contributed by atoms with E-state index in [1.165, 1.54) is 16.4 Å². The molecule has 2 heterocycles. The number of halogens is 1. The number of hydrogen-bond acceptors (Lipinski definition) is 6. The summed E-state index contributed by atoms with van der Waals surface area (Å²) in [6.07, 6.45) is 0.585. The minimum Gasteiger partial charge on any atom is -0.454 e. The highest BCUT2D eigenvalue weighted by Crippen LogP contribution is 2.34. The minimum absolute atomic E-state index is 0.0657. The molecular weight excluding hydrogens is 425 g/mol. The van der Waals surface area contributed by atoms with Crippen LogP contribution in [-0.2, 0) is 14.8 Å². The van der Waals surface area contributed by atoms with E-state index in [4.69, 9.17) is 9.47 Å². The monoisotopic (exact) mass is 449 g/mol. The molecule has 2 aliphatic heterocycles. The van der Waals surface area contributed by atoms with Gasteiger partial charge in [-0.25, -0.2) is 12.8 Å². The van der Waals surface area contributed by atoms with Gasteiger partial charge in [-0.2, -0.15) is 4.31 Å². The van der Waals surface area contributed by atoms with E-state index in [0.717, 1.165) is 12.1 Å². The summed E-state index contributed by atoms with van der Waals surface area (Å²) in [4.78, 5) is 14.8. The second-order valence-corrected chi connectivity index (χ2v) is 9.42. The first-order chi connectivity index (χ1) is 14.8. The average Bonchev–Trinajstić information content (AvgIpc) is 3.07. The molecule has 0 aromatic heterocycles. The number of nitrogens with zero attached hydrogens (tertiary/aromatic N) is 2. The third-order valence-corrected chi connectivity index (χ3v) is 7.42. The van der Waals surface area contributed by atoms with E-state index < -0.39 is 21.9 Å². The van der Waals surface area contributed by atoms with Crippen molar-refractivity contribution in [3.05, 3.63) is 48.3 Å². The van der Waals surface area contributed by atoms with Crippen molar-refractivity contribution < 1.29 is 27.1 Å². The molecule has 10 heteroatoms. The number of sulfonamides is 1. The van der Waals surface area contributed by atoms with Crippen LogP contribution in [0.15, 0.2) is 47.4 Å². The number of nitrogens with one attached hydrogen (secondary N) is 1. The first-order valence-electron chi connectivity index (χ1n) is 10.0. The molecule has 0 aliphatic carbocycles. The zero-order chi connectivity index (χ0) is 22.0. The number of rotatable bonds is 5. The van der Waals surface area contributed by atoms with Gasteiger partial charge in [0.05, 0.1) is 10.9 Å². The maximum Gasteiger partial charge on any atom is 0.243 e. The smallest absolute Gasteiger partial charge is 0.243 e. The Kier molecular flexibility index (Phi) is 6.12. The maximum absolute atomic E-state index is 13.2. The van der Waals surface area contributed by atoms with E-state index in [1.54, 1.807) is 25.1 Å². The molecule has 4 rings (SSSR count). The van der Waals surface area contributed by atoms with Crippen molar-refractivity contribution in [3.8, 4) is 11.5 Å². The van der Waals surface area contributed by atoms with Gasteiger partial charge in [-0.05, 0) is 49.7 Å². The van der Waals surface area contributed by atoms with Crippen molar-refractivity contribution >= 4 is 21.6 Å². The molecule has 2 aliphatic rings. The molecule has 1 amide bonds. The fraction of sp³-hybridized carbons (Fsp3) is 0.381. The lowest BCUT2D eigenvalue weighted by Gasteiger charge is -2.27. The average molecular weight is 450 g/mol. The second kappa shape index (κ2) is 8.81. The Hall–Kier alpha value is -2.69. The molecule has 1 saturated heterocycles. The highest BCUT2D eigenvalue weighted by atomic mass is 32.2. The first-order valence-corrected chi connectivity index (χ1v) is 11.5. The van der Waals surface area contributed by atoms with E-state index >= 15 is 0 Å². The summed E-state index contributed by atoms with van der Waals surface area (Å²) in [5, 5.41) is 2.88. The molecule has 8 nitrogen and oxygen atoms in total. The zero-order valence-electron chi connectivity index (χ0n) is 17.1. The Morgan fingerprint density at radius 3 is 2.55 bits per heavy atom. The van der Waals surface area contributed by atoms with Crippen LogP contribution in [0.5, 0.6) is 11.5 Å². The molecule has 1 unspecified atom stereocenters. The standard InChI is InChI=1S/C21H24FN3O5S/c1-15(21(26)23-17-5-8-19-20(13-17)30-14-29-19)24-9-2-10-25(12-11-24)31(27,28)18-6-3-16(22)4-7-18/h3-8,13,15H,2,9-12,14H2,1H3,(H,23,26).